The molecule has 3 aromatic heterocycles. The van der Waals surface area contributed by atoms with Crippen molar-refractivity contribution in [3.05, 3.63) is 163 Å². The summed E-state index contributed by atoms with van der Waals surface area (Å²) >= 11 is 1.68. The maximum atomic E-state index is 8.34. The van der Waals surface area contributed by atoms with Gasteiger partial charge in [-0.2, -0.15) is 11.3 Å². The van der Waals surface area contributed by atoms with Gasteiger partial charge in [0, 0.05) is 41.3 Å². The Balaban J connectivity index is 0.000000223. The van der Waals surface area contributed by atoms with Gasteiger partial charge in [0.15, 0.2) is 0 Å². The van der Waals surface area contributed by atoms with E-state index in [-0.39, 0.29) is 49.8 Å². The first-order chi connectivity index (χ1) is 26.6. The van der Waals surface area contributed by atoms with E-state index in [1.165, 1.54) is 11.3 Å². The summed E-state index contributed by atoms with van der Waals surface area (Å²) < 4.78 is 64.9. The van der Waals surface area contributed by atoms with Crippen LogP contribution in [-0.2, 0) is 20.1 Å². The van der Waals surface area contributed by atoms with Gasteiger partial charge in [0.1, 0.15) is 0 Å². The predicted molar refractivity (Wildman–Crippen MR) is 208 cm³/mol. The van der Waals surface area contributed by atoms with Crippen LogP contribution in [0.4, 0.5) is 0 Å². The van der Waals surface area contributed by atoms with Gasteiger partial charge in [-0.1, -0.05) is 123 Å². The molecular formula is C44H36IrN2SSi-2. The molecule has 0 unspecified atom stereocenters. The monoisotopic (exact) mass is 853 g/mol. The summed E-state index contributed by atoms with van der Waals surface area (Å²) in [6, 6.07) is 37.9. The molecular weight excluding hydrogens is 809 g/mol. The first-order valence-corrected chi connectivity index (χ1v) is 19.9. The topological polar surface area (TPSA) is 25.8 Å². The summed E-state index contributed by atoms with van der Waals surface area (Å²) in [5.41, 5.74) is 6.42. The molecule has 0 spiro atoms. The molecule has 0 N–H and O–H groups in total. The minimum Gasteiger partial charge on any atom is -0.305 e. The van der Waals surface area contributed by atoms with E-state index in [4.69, 9.17) is 11.0 Å². The molecule has 8 rings (SSSR count). The fourth-order valence-electron chi connectivity index (χ4n) is 5.44. The molecule has 0 aliphatic carbocycles. The summed E-state index contributed by atoms with van der Waals surface area (Å²) in [7, 11) is -1.34. The predicted octanol–water partition coefficient (Wildman–Crippen LogP) is 11.7. The third-order valence-corrected chi connectivity index (χ3v) is 11.3. The van der Waals surface area contributed by atoms with Gasteiger partial charge in [0.2, 0.25) is 0 Å². The van der Waals surface area contributed by atoms with E-state index in [1.807, 2.05) is 36.5 Å². The molecule has 8 aromatic rings. The van der Waals surface area contributed by atoms with Gasteiger partial charge >= 0.3 is 0 Å². The molecule has 5 aromatic carbocycles. The Labute approximate surface area is 319 Å². The van der Waals surface area contributed by atoms with Crippen LogP contribution in [0.15, 0.2) is 146 Å². The SMILES string of the molecule is [2H]C([2H])([2H])c1c[c-]c(-c2ccc([Si](C)(C)C)cn2)cc1.[2H]c1c([2H])c([2H])c(-c2ccnc(-c3[c-]ccc4c3sc3cc(-c5ccccc5)ccc34)c2)c([2H])c1[2H].[Ir]. The van der Waals surface area contributed by atoms with E-state index in [1.54, 1.807) is 41.8 Å². The first-order valence-electron chi connectivity index (χ1n) is 19.6. The van der Waals surface area contributed by atoms with Crippen molar-refractivity contribution in [2.24, 2.45) is 0 Å². The van der Waals surface area contributed by atoms with Crippen molar-refractivity contribution in [3.8, 4) is 44.8 Å². The van der Waals surface area contributed by atoms with E-state index in [0.29, 0.717) is 16.8 Å². The number of thiophene rings is 1. The molecule has 49 heavy (non-hydrogen) atoms. The molecule has 1 radical (unpaired) electrons. The van der Waals surface area contributed by atoms with Gasteiger partial charge in [0.05, 0.1) is 14.9 Å². The third-order valence-electron chi connectivity index (χ3n) is 8.06. The van der Waals surface area contributed by atoms with E-state index < -0.39 is 21.0 Å². The molecule has 0 saturated carbocycles. The minimum absolute atomic E-state index is 0. The Hall–Kier alpha value is -4.51. The zero-order valence-electron chi connectivity index (χ0n) is 35.1. The summed E-state index contributed by atoms with van der Waals surface area (Å²) in [6.45, 7) is 4.76. The van der Waals surface area contributed by atoms with Crippen molar-refractivity contribution in [2.45, 2.75) is 26.5 Å². The van der Waals surface area contributed by atoms with E-state index in [0.717, 1.165) is 48.1 Å². The molecule has 5 heteroatoms. The maximum absolute atomic E-state index is 8.34. The van der Waals surface area contributed by atoms with Gasteiger partial charge in [-0.05, 0) is 61.0 Å². The van der Waals surface area contributed by atoms with Crippen LogP contribution in [0.1, 0.15) is 16.5 Å². The van der Waals surface area contributed by atoms with Crippen LogP contribution in [-0.4, -0.2) is 18.0 Å². The molecule has 0 bridgehead atoms. The van der Waals surface area contributed by atoms with Crippen LogP contribution >= 0.6 is 11.3 Å². The number of nitrogens with zero attached hydrogens (tertiary/aromatic N) is 2. The zero-order chi connectivity index (χ0) is 39.9. The number of hydrogen-bond donors (Lipinski definition) is 0. The van der Waals surface area contributed by atoms with Crippen LogP contribution in [0, 0.1) is 19.0 Å². The summed E-state index contributed by atoms with van der Waals surface area (Å²) in [5, 5.41) is 3.57. The van der Waals surface area contributed by atoms with E-state index in [9.17, 15) is 0 Å². The zero-order valence-corrected chi connectivity index (χ0v) is 31.3. The largest absolute Gasteiger partial charge is 0.305 e. The third kappa shape index (κ3) is 7.72. The van der Waals surface area contributed by atoms with E-state index >= 15 is 0 Å². The van der Waals surface area contributed by atoms with Gasteiger partial charge in [-0.15, -0.1) is 59.2 Å². The number of benzene rings is 5. The normalized spacial score (nSPS) is 13.7. The van der Waals surface area contributed by atoms with Crippen molar-refractivity contribution >= 4 is 44.8 Å². The fraction of sp³-hybridized carbons (Fsp3) is 0.0909. The summed E-state index contributed by atoms with van der Waals surface area (Å²) in [6.07, 6.45) is 3.53. The fourth-order valence-corrected chi connectivity index (χ4v) is 7.72. The van der Waals surface area contributed by atoms with Gasteiger partial charge in [-0.25, -0.2) is 0 Å². The Morgan fingerprint density at radius 1 is 0.714 bits per heavy atom. The smallest absolute Gasteiger partial charge is 0.0795 e. The van der Waals surface area contributed by atoms with Gasteiger partial charge in [0.25, 0.3) is 0 Å². The van der Waals surface area contributed by atoms with Crippen molar-refractivity contribution < 1.29 is 31.1 Å². The second kappa shape index (κ2) is 14.9. The number of hydrogen-bond acceptors (Lipinski definition) is 3. The Morgan fingerprint density at radius 2 is 1.53 bits per heavy atom. The number of pyridine rings is 2. The van der Waals surface area contributed by atoms with Crippen LogP contribution in [0.3, 0.4) is 0 Å². The number of fused-ring (bicyclic) bond motifs is 3. The average molecular weight is 853 g/mol. The molecule has 0 fully saturated rings. The molecule has 243 valence electrons. The Bertz CT molecular complexity index is 2630. The van der Waals surface area contributed by atoms with Crippen molar-refractivity contribution in [2.75, 3.05) is 0 Å². The number of aryl methyl sites for hydroxylation is 1. The van der Waals surface area contributed by atoms with Gasteiger partial charge < -0.3 is 9.97 Å². The molecule has 2 nitrogen and oxygen atoms in total. The molecule has 0 aliphatic rings. The summed E-state index contributed by atoms with van der Waals surface area (Å²) in [4.78, 5) is 9.03. The van der Waals surface area contributed by atoms with Crippen LogP contribution in [0.25, 0.3) is 64.9 Å². The number of rotatable bonds is 5. The van der Waals surface area contributed by atoms with Crippen LogP contribution < -0.4 is 5.19 Å². The molecule has 0 atom stereocenters. The molecule has 0 aliphatic heterocycles. The summed E-state index contributed by atoms with van der Waals surface area (Å²) in [5.74, 6) is 0. The molecule has 3 heterocycles. The Morgan fingerprint density at radius 3 is 2.24 bits per heavy atom. The quantitative estimate of drug-likeness (QED) is 0.127. The van der Waals surface area contributed by atoms with Crippen LogP contribution in [0.2, 0.25) is 19.6 Å². The van der Waals surface area contributed by atoms with Crippen LogP contribution in [0.5, 0.6) is 0 Å². The molecule has 0 amide bonds. The van der Waals surface area contributed by atoms with E-state index in [2.05, 4.69) is 84.2 Å². The van der Waals surface area contributed by atoms with Crippen molar-refractivity contribution in [3.63, 3.8) is 0 Å². The average Bonchev–Trinajstić information content (AvgIpc) is 3.58. The second-order valence-corrected chi connectivity index (χ2v) is 18.5. The standard InChI is InChI=1S/C29H18NS.C15H18NSi.Ir/c1-3-8-20(9-4-1)22-14-15-24-25-12-7-13-26(29(25)31-28(24)19-22)27-18-23(16-17-30-27)21-10-5-2-6-11-21;1-12-5-7-13(8-6-12)15-10-9-14(11-16-15)17(2,3)4;/h1-12,14-19H;5-7,9-11H,1-4H3;/q2*-1;/i2D,5D,6D,10D,11D;1D3;. The minimum atomic E-state index is -2.08. The maximum Gasteiger partial charge on any atom is 0.0795 e. The first kappa shape index (κ1) is 25.5. The van der Waals surface area contributed by atoms with Crippen molar-refractivity contribution in [1.29, 1.82) is 0 Å². The Kier molecular flexibility index (Phi) is 7.76. The second-order valence-electron chi connectivity index (χ2n) is 12.4. The van der Waals surface area contributed by atoms with Gasteiger partial charge in [-0.3, -0.25) is 0 Å². The number of aromatic nitrogens is 2. The molecule has 0 saturated heterocycles. The van der Waals surface area contributed by atoms with Crippen molar-refractivity contribution in [1.82, 2.24) is 9.97 Å².